The van der Waals surface area contributed by atoms with Crippen LogP contribution in [-0.2, 0) is 0 Å². The van der Waals surface area contributed by atoms with Crippen LogP contribution in [-0.4, -0.2) is 43.3 Å². The van der Waals surface area contributed by atoms with Crippen molar-refractivity contribution in [1.29, 1.82) is 0 Å². The van der Waals surface area contributed by atoms with E-state index in [-0.39, 0.29) is 12.1 Å². The highest BCUT2D eigenvalue weighted by atomic mass is 32.1. The van der Waals surface area contributed by atoms with E-state index < -0.39 is 0 Å². The van der Waals surface area contributed by atoms with E-state index in [0.717, 1.165) is 26.8 Å². The van der Waals surface area contributed by atoms with Crippen molar-refractivity contribution in [2.45, 2.75) is 25.9 Å². The molecule has 1 saturated heterocycles. The Morgan fingerprint density at radius 2 is 2.18 bits per heavy atom. The number of amides is 2. The van der Waals surface area contributed by atoms with Gasteiger partial charge in [-0.25, -0.2) is 9.78 Å². The van der Waals surface area contributed by atoms with Crippen LogP contribution in [0.3, 0.4) is 0 Å². The summed E-state index contributed by atoms with van der Waals surface area (Å²) in [5, 5.41) is 3.61. The molecular weight excluding hydrogens is 300 g/mol. The third-order valence-electron chi connectivity index (χ3n) is 4.39. The third-order valence-corrected chi connectivity index (χ3v) is 5.41. The minimum Gasteiger partial charge on any atom is -0.489 e. The molecule has 6 nitrogen and oxygen atoms in total. The van der Waals surface area contributed by atoms with Crippen molar-refractivity contribution in [3.8, 4) is 5.75 Å². The van der Waals surface area contributed by atoms with Crippen LogP contribution in [0.2, 0.25) is 0 Å². The summed E-state index contributed by atoms with van der Waals surface area (Å²) in [6.07, 6.45) is 0. The molecule has 2 aliphatic rings. The molecule has 0 saturated carbocycles. The maximum Gasteiger partial charge on any atom is 0.324 e. The van der Waals surface area contributed by atoms with Crippen molar-refractivity contribution in [2.75, 3.05) is 30.0 Å². The van der Waals surface area contributed by atoms with E-state index in [1.54, 1.807) is 16.2 Å². The van der Waals surface area contributed by atoms with Gasteiger partial charge < -0.3 is 15.0 Å². The lowest BCUT2D eigenvalue weighted by atomic mass is 10.1. The Balaban J connectivity index is 1.87. The van der Waals surface area contributed by atoms with Gasteiger partial charge in [-0.3, -0.25) is 4.90 Å². The number of thiazole rings is 1. The summed E-state index contributed by atoms with van der Waals surface area (Å²) in [7, 11) is 2.07. The monoisotopic (exact) mass is 318 g/mol. The highest BCUT2D eigenvalue weighted by Crippen LogP contribution is 2.43. The first kappa shape index (κ1) is 13.6. The average molecular weight is 318 g/mol. The van der Waals surface area contributed by atoms with Crippen molar-refractivity contribution >= 4 is 38.4 Å². The molecule has 1 aromatic carbocycles. The minimum absolute atomic E-state index is 0.0709. The zero-order valence-corrected chi connectivity index (χ0v) is 13.6. The topological polar surface area (TPSA) is 57.7 Å². The number of carbonyl (C=O) groups is 1. The van der Waals surface area contributed by atoms with E-state index >= 15 is 0 Å². The first-order chi connectivity index (χ1) is 10.6. The largest absolute Gasteiger partial charge is 0.489 e. The van der Waals surface area contributed by atoms with E-state index in [0.29, 0.717) is 19.2 Å². The quantitative estimate of drug-likeness (QED) is 0.877. The van der Waals surface area contributed by atoms with Gasteiger partial charge in [-0.1, -0.05) is 11.3 Å². The van der Waals surface area contributed by atoms with Crippen LogP contribution in [0.5, 0.6) is 5.75 Å². The molecule has 2 aliphatic heterocycles. The highest BCUT2D eigenvalue weighted by Gasteiger charge is 2.32. The molecular formula is C15H18N4O2S. The minimum atomic E-state index is -0.0709. The first-order valence-corrected chi connectivity index (χ1v) is 8.24. The Morgan fingerprint density at radius 3 is 2.91 bits per heavy atom. The lowest BCUT2D eigenvalue weighted by molar-refractivity contribution is 0.252. The fourth-order valence-corrected chi connectivity index (χ4v) is 4.01. The summed E-state index contributed by atoms with van der Waals surface area (Å²) in [6, 6.07) is 4.38. The Labute approximate surface area is 132 Å². The van der Waals surface area contributed by atoms with Crippen LogP contribution in [0.4, 0.5) is 15.6 Å². The molecule has 2 aromatic rings. The Hall–Kier alpha value is -2.02. The third kappa shape index (κ3) is 1.85. The van der Waals surface area contributed by atoms with Crippen LogP contribution in [0, 0.1) is 0 Å². The molecule has 1 fully saturated rings. The summed E-state index contributed by atoms with van der Waals surface area (Å²) >= 11 is 1.55. The van der Waals surface area contributed by atoms with Gasteiger partial charge >= 0.3 is 6.03 Å². The van der Waals surface area contributed by atoms with Crippen LogP contribution in [0.1, 0.15) is 13.8 Å². The molecule has 1 N–H and O–H groups in total. The summed E-state index contributed by atoms with van der Waals surface area (Å²) < 4.78 is 6.90. The molecule has 22 heavy (non-hydrogen) atoms. The fourth-order valence-electron chi connectivity index (χ4n) is 2.94. The SMILES string of the molecule is CC1COc2ccc3sc(N4C(=O)NCC4C)nc3c2N1C. The molecule has 1 aromatic heterocycles. The van der Waals surface area contributed by atoms with Crippen LogP contribution in [0.15, 0.2) is 12.1 Å². The first-order valence-electron chi connectivity index (χ1n) is 7.42. The fraction of sp³-hybridized carbons (Fsp3) is 0.467. The molecule has 7 heteroatoms. The zero-order valence-electron chi connectivity index (χ0n) is 12.8. The number of aromatic nitrogens is 1. The van der Waals surface area contributed by atoms with Gasteiger partial charge in [0.05, 0.1) is 16.8 Å². The second-order valence-electron chi connectivity index (χ2n) is 5.93. The van der Waals surface area contributed by atoms with Crippen LogP contribution >= 0.6 is 11.3 Å². The molecule has 2 atom stereocenters. The molecule has 0 bridgehead atoms. The molecule has 0 spiro atoms. The van der Waals surface area contributed by atoms with Crippen molar-refractivity contribution in [2.24, 2.45) is 0 Å². The van der Waals surface area contributed by atoms with Gasteiger partial charge in [0.1, 0.15) is 23.6 Å². The molecule has 2 amide bonds. The van der Waals surface area contributed by atoms with E-state index in [9.17, 15) is 4.79 Å². The van der Waals surface area contributed by atoms with Crippen LogP contribution in [0.25, 0.3) is 10.2 Å². The normalized spacial score (nSPS) is 24.4. The summed E-state index contributed by atoms with van der Waals surface area (Å²) in [4.78, 5) is 20.7. The predicted molar refractivity (Wildman–Crippen MR) is 88.3 cm³/mol. The number of anilines is 2. The average Bonchev–Trinajstić information content (AvgIpc) is 3.05. The highest BCUT2D eigenvalue weighted by molar-refractivity contribution is 7.22. The number of nitrogens with one attached hydrogen (secondary N) is 1. The van der Waals surface area contributed by atoms with E-state index in [1.165, 1.54) is 0 Å². The van der Waals surface area contributed by atoms with Crippen molar-refractivity contribution < 1.29 is 9.53 Å². The standard InChI is InChI=1S/C15H18N4O2S/c1-8-6-16-14(20)19(8)15-17-12-11(22-15)5-4-10-13(12)18(3)9(2)7-21-10/h4-5,8-9H,6-7H2,1-3H3,(H,16,20). The van der Waals surface area contributed by atoms with E-state index in [2.05, 4.69) is 24.2 Å². The summed E-state index contributed by atoms with van der Waals surface area (Å²) in [5.74, 6) is 0.865. The van der Waals surface area contributed by atoms with E-state index in [1.807, 2.05) is 19.1 Å². The number of fused-ring (bicyclic) bond motifs is 3. The lowest BCUT2D eigenvalue weighted by Crippen LogP contribution is -2.38. The zero-order chi connectivity index (χ0) is 15.4. The summed E-state index contributed by atoms with van der Waals surface area (Å²) in [6.45, 7) is 5.49. The molecule has 4 rings (SSSR count). The number of likely N-dealkylation sites (N-methyl/N-ethyl adjacent to an activating group) is 1. The van der Waals surface area contributed by atoms with Crippen molar-refractivity contribution in [3.63, 3.8) is 0 Å². The number of ether oxygens (including phenoxy) is 1. The van der Waals surface area contributed by atoms with Gasteiger partial charge in [-0.05, 0) is 26.0 Å². The molecule has 0 radical (unpaired) electrons. The lowest BCUT2D eigenvalue weighted by Gasteiger charge is -2.33. The second kappa shape index (κ2) is 4.74. The number of urea groups is 1. The van der Waals surface area contributed by atoms with E-state index in [4.69, 9.17) is 9.72 Å². The maximum absolute atomic E-state index is 12.0. The van der Waals surface area contributed by atoms with Gasteiger partial charge in [0.2, 0.25) is 0 Å². The summed E-state index contributed by atoms with van der Waals surface area (Å²) in [5.41, 5.74) is 1.93. The molecule has 116 valence electrons. The van der Waals surface area contributed by atoms with Gasteiger partial charge in [0.15, 0.2) is 5.13 Å². The predicted octanol–water partition coefficient (Wildman–Crippen LogP) is 2.43. The van der Waals surface area contributed by atoms with Crippen LogP contribution < -0.4 is 19.9 Å². The Kier molecular flexibility index (Phi) is 2.94. The number of nitrogens with zero attached hydrogens (tertiary/aromatic N) is 3. The molecule has 2 unspecified atom stereocenters. The Morgan fingerprint density at radius 1 is 1.36 bits per heavy atom. The second-order valence-corrected chi connectivity index (χ2v) is 6.94. The number of hydrogen-bond donors (Lipinski definition) is 1. The Bertz CT molecular complexity index is 759. The maximum atomic E-state index is 12.0. The van der Waals surface area contributed by atoms with Gasteiger partial charge in [0, 0.05) is 13.6 Å². The number of rotatable bonds is 1. The van der Waals surface area contributed by atoms with Gasteiger partial charge in [0.25, 0.3) is 0 Å². The molecule has 3 heterocycles. The number of carbonyl (C=O) groups excluding carboxylic acids is 1. The smallest absolute Gasteiger partial charge is 0.324 e. The van der Waals surface area contributed by atoms with Crippen molar-refractivity contribution in [1.82, 2.24) is 10.3 Å². The number of benzene rings is 1. The number of hydrogen-bond acceptors (Lipinski definition) is 5. The van der Waals surface area contributed by atoms with Crippen molar-refractivity contribution in [3.05, 3.63) is 12.1 Å². The molecule has 0 aliphatic carbocycles. The van der Waals surface area contributed by atoms with Gasteiger partial charge in [-0.2, -0.15) is 0 Å². The van der Waals surface area contributed by atoms with Gasteiger partial charge in [-0.15, -0.1) is 0 Å².